The number of hydrogen-bond acceptors (Lipinski definition) is 3. The van der Waals surface area contributed by atoms with Crippen LogP contribution >= 0.6 is 0 Å². The van der Waals surface area contributed by atoms with Gasteiger partial charge in [0, 0.05) is 18.7 Å². The number of nitrogens with zero attached hydrogens (tertiary/aromatic N) is 2. The number of hydrogen-bond donors (Lipinski definition) is 1. The molecule has 0 atom stereocenters. The van der Waals surface area contributed by atoms with Crippen LogP contribution in [0.1, 0.15) is 42.1 Å². The molecule has 0 radical (unpaired) electrons. The maximum atomic E-state index is 12.4. The molecule has 2 aromatic rings. The lowest BCUT2D eigenvalue weighted by Crippen LogP contribution is -2.18. The molecule has 0 spiro atoms. The largest absolute Gasteiger partial charge is 0.477 e. The summed E-state index contributed by atoms with van der Waals surface area (Å²) in [7, 11) is 0. The summed E-state index contributed by atoms with van der Waals surface area (Å²) in [6.07, 6.45) is 5.95. The van der Waals surface area contributed by atoms with Crippen molar-refractivity contribution in [3.63, 3.8) is 0 Å². The molecule has 116 valence electrons. The molecule has 0 saturated heterocycles. The Kier molecular flexibility index (Phi) is 4.42. The standard InChI is InChI=1S/C17H21N3O2/c1-2-3-5-13-6-8-14(9-7-13)19-16(21)15-12-18-20-10-4-11-22-17(15)20/h6-9,12H,2-5,10-11H2,1H3,(H,19,21). The summed E-state index contributed by atoms with van der Waals surface area (Å²) in [6, 6.07) is 8.02. The molecular formula is C17H21N3O2. The van der Waals surface area contributed by atoms with Crippen LogP contribution in [0.3, 0.4) is 0 Å². The van der Waals surface area contributed by atoms with Crippen LogP contribution in [0.2, 0.25) is 0 Å². The fourth-order valence-electron chi connectivity index (χ4n) is 2.56. The van der Waals surface area contributed by atoms with Crippen LogP contribution in [0.4, 0.5) is 5.69 Å². The monoisotopic (exact) mass is 299 g/mol. The van der Waals surface area contributed by atoms with Crippen molar-refractivity contribution in [3.05, 3.63) is 41.6 Å². The number of aryl methyl sites for hydroxylation is 2. The Hall–Kier alpha value is -2.30. The minimum absolute atomic E-state index is 0.176. The second-order valence-corrected chi connectivity index (χ2v) is 5.54. The average Bonchev–Trinajstić information content (AvgIpc) is 2.98. The zero-order valence-corrected chi connectivity index (χ0v) is 12.8. The third kappa shape index (κ3) is 3.13. The molecule has 1 amide bonds. The molecule has 1 aromatic carbocycles. The van der Waals surface area contributed by atoms with E-state index in [1.807, 2.05) is 12.1 Å². The highest BCUT2D eigenvalue weighted by Crippen LogP contribution is 2.23. The summed E-state index contributed by atoms with van der Waals surface area (Å²) < 4.78 is 7.30. The highest BCUT2D eigenvalue weighted by molar-refractivity contribution is 6.05. The SMILES string of the molecule is CCCCc1ccc(NC(=O)c2cnn3c2OCCC3)cc1. The predicted octanol–water partition coefficient (Wildman–Crippen LogP) is 3.26. The minimum atomic E-state index is -0.176. The Morgan fingerprint density at radius 1 is 1.36 bits per heavy atom. The molecule has 1 aliphatic heterocycles. The Morgan fingerprint density at radius 2 is 2.18 bits per heavy atom. The topological polar surface area (TPSA) is 56.2 Å². The molecular weight excluding hydrogens is 278 g/mol. The molecule has 1 aromatic heterocycles. The van der Waals surface area contributed by atoms with E-state index >= 15 is 0 Å². The van der Waals surface area contributed by atoms with E-state index < -0.39 is 0 Å². The van der Waals surface area contributed by atoms with Crippen molar-refractivity contribution in [1.82, 2.24) is 9.78 Å². The van der Waals surface area contributed by atoms with Crippen LogP contribution in [-0.2, 0) is 13.0 Å². The first-order chi connectivity index (χ1) is 10.8. The van der Waals surface area contributed by atoms with E-state index in [2.05, 4.69) is 29.5 Å². The Balaban J connectivity index is 1.67. The van der Waals surface area contributed by atoms with Crippen molar-refractivity contribution in [2.75, 3.05) is 11.9 Å². The minimum Gasteiger partial charge on any atom is -0.477 e. The van der Waals surface area contributed by atoms with E-state index in [0.29, 0.717) is 18.1 Å². The number of fused-ring (bicyclic) bond motifs is 1. The average molecular weight is 299 g/mol. The van der Waals surface area contributed by atoms with Gasteiger partial charge < -0.3 is 10.1 Å². The maximum absolute atomic E-state index is 12.4. The van der Waals surface area contributed by atoms with Crippen LogP contribution in [0.5, 0.6) is 5.88 Å². The van der Waals surface area contributed by atoms with Crippen molar-refractivity contribution >= 4 is 11.6 Å². The van der Waals surface area contributed by atoms with Crippen molar-refractivity contribution in [3.8, 4) is 5.88 Å². The number of nitrogens with one attached hydrogen (secondary N) is 1. The number of carbonyl (C=O) groups is 1. The number of rotatable bonds is 5. The quantitative estimate of drug-likeness (QED) is 0.922. The van der Waals surface area contributed by atoms with E-state index in [1.165, 1.54) is 18.4 Å². The third-order valence-electron chi connectivity index (χ3n) is 3.82. The van der Waals surface area contributed by atoms with E-state index in [0.717, 1.165) is 25.1 Å². The van der Waals surface area contributed by atoms with Crippen LogP contribution < -0.4 is 10.1 Å². The van der Waals surface area contributed by atoms with Gasteiger partial charge in [-0.05, 0) is 30.5 Å². The first-order valence-electron chi connectivity index (χ1n) is 7.87. The molecule has 1 N–H and O–H groups in total. The molecule has 3 rings (SSSR count). The summed E-state index contributed by atoms with van der Waals surface area (Å²) in [5.74, 6) is 0.396. The van der Waals surface area contributed by atoms with E-state index in [-0.39, 0.29) is 5.91 Å². The summed E-state index contributed by atoms with van der Waals surface area (Å²) in [5.41, 5.74) is 2.59. The van der Waals surface area contributed by atoms with E-state index in [9.17, 15) is 4.79 Å². The zero-order chi connectivity index (χ0) is 15.4. The van der Waals surface area contributed by atoms with Gasteiger partial charge in [-0.1, -0.05) is 25.5 Å². The molecule has 0 bridgehead atoms. The fraction of sp³-hybridized carbons (Fsp3) is 0.412. The van der Waals surface area contributed by atoms with Crippen LogP contribution in [-0.4, -0.2) is 22.3 Å². The molecule has 0 saturated carbocycles. The first kappa shape index (κ1) is 14.6. The highest BCUT2D eigenvalue weighted by Gasteiger charge is 2.21. The van der Waals surface area contributed by atoms with Gasteiger partial charge in [0.15, 0.2) is 0 Å². The van der Waals surface area contributed by atoms with Crippen LogP contribution in [0.25, 0.3) is 0 Å². The van der Waals surface area contributed by atoms with Gasteiger partial charge in [-0.2, -0.15) is 5.10 Å². The summed E-state index contributed by atoms with van der Waals surface area (Å²) >= 11 is 0. The zero-order valence-electron chi connectivity index (χ0n) is 12.8. The van der Waals surface area contributed by atoms with Crippen molar-refractivity contribution < 1.29 is 9.53 Å². The number of aromatic nitrogens is 2. The van der Waals surface area contributed by atoms with Gasteiger partial charge in [0.05, 0.1) is 12.8 Å². The lowest BCUT2D eigenvalue weighted by Gasteiger charge is -2.15. The van der Waals surface area contributed by atoms with Gasteiger partial charge in [-0.3, -0.25) is 4.79 Å². The molecule has 2 heterocycles. The summed E-state index contributed by atoms with van der Waals surface area (Å²) in [6.45, 7) is 3.62. The normalized spacial score (nSPS) is 13.3. The smallest absolute Gasteiger partial charge is 0.262 e. The Bertz CT molecular complexity index is 646. The summed E-state index contributed by atoms with van der Waals surface area (Å²) in [4.78, 5) is 12.4. The molecule has 22 heavy (non-hydrogen) atoms. The highest BCUT2D eigenvalue weighted by atomic mass is 16.5. The molecule has 0 aliphatic carbocycles. The second-order valence-electron chi connectivity index (χ2n) is 5.54. The van der Waals surface area contributed by atoms with Crippen LogP contribution in [0.15, 0.2) is 30.5 Å². The number of amides is 1. The summed E-state index contributed by atoms with van der Waals surface area (Å²) in [5, 5.41) is 7.10. The Morgan fingerprint density at radius 3 is 2.95 bits per heavy atom. The van der Waals surface area contributed by atoms with E-state index in [4.69, 9.17) is 4.74 Å². The number of benzene rings is 1. The molecule has 5 nitrogen and oxygen atoms in total. The first-order valence-corrected chi connectivity index (χ1v) is 7.87. The van der Waals surface area contributed by atoms with Crippen molar-refractivity contribution in [2.24, 2.45) is 0 Å². The number of ether oxygens (including phenoxy) is 1. The van der Waals surface area contributed by atoms with Gasteiger partial charge in [-0.25, -0.2) is 4.68 Å². The van der Waals surface area contributed by atoms with Crippen LogP contribution in [0, 0.1) is 0 Å². The molecule has 5 heteroatoms. The third-order valence-corrected chi connectivity index (χ3v) is 3.82. The second kappa shape index (κ2) is 6.64. The number of carbonyl (C=O) groups excluding carboxylic acids is 1. The lowest BCUT2D eigenvalue weighted by molar-refractivity contribution is 0.102. The van der Waals surface area contributed by atoms with Crippen molar-refractivity contribution in [2.45, 2.75) is 39.2 Å². The number of anilines is 1. The van der Waals surface area contributed by atoms with Gasteiger partial charge in [0.2, 0.25) is 5.88 Å². The lowest BCUT2D eigenvalue weighted by atomic mass is 10.1. The van der Waals surface area contributed by atoms with Gasteiger partial charge >= 0.3 is 0 Å². The maximum Gasteiger partial charge on any atom is 0.262 e. The fourth-order valence-corrected chi connectivity index (χ4v) is 2.56. The predicted molar refractivity (Wildman–Crippen MR) is 85.3 cm³/mol. The van der Waals surface area contributed by atoms with Gasteiger partial charge in [0.25, 0.3) is 5.91 Å². The number of unbranched alkanes of at least 4 members (excludes halogenated alkanes) is 1. The van der Waals surface area contributed by atoms with Gasteiger partial charge in [0.1, 0.15) is 5.56 Å². The van der Waals surface area contributed by atoms with Gasteiger partial charge in [-0.15, -0.1) is 0 Å². The molecule has 1 aliphatic rings. The van der Waals surface area contributed by atoms with E-state index in [1.54, 1.807) is 10.9 Å². The molecule has 0 unspecified atom stereocenters. The molecule has 0 fully saturated rings. The van der Waals surface area contributed by atoms with Crippen molar-refractivity contribution in [1.29, 1.82) is 0 Å². The Labute approximate surface area is 130 Å².